The lowest BCUT2D eigenvalue weighted by molar-refractivity contribution is 0.411. The Balaban J connectivity index is 2.91. The van der Waals surface area contributed by atoms with E-state index in [2.05, 4.69) is 36.2 Å². The molecule has 0 spiro atoms. The highest BCUT2D eigenvalue weighted by Gasteiger charge is 2.09. The van der Waals surface area contributed by atoms with Crippen LogP contribution in [0, 0.1) is 18.8 Å². The van der Waals surface area contributed by atoms with E-state index in [0.29, 0.717) is 0 Å². The smallest absolute Gasteiger partial charge is 0.121 e. The fourth-order valence-corrected chi connectivity index (χ4v) is 1.71. The van der Waals surface area contributed by atoms with Crippen LogP contribution >= 0.6 is 0 Å². The summed E-state index contributed by atoms with van der Waals surface area (Å²) >= 11 is 0. The molecule has 2 heteroatoms. The number of methoxy groups -OCH3 is 1. The van der Waals surface area contributed by atoms with Gasteiger partial charge in [0.2, 0.25) is 0 Å². The van der Waals surface area contributed by atoms with E-state index in [0.717, 1.165) is 17.7 Å². The summed E-state index contributed by atoms with van der Waals surface area (Å²) in [6.45, 7) is 3.92. The molecule has 1 aromatic rings. The summed E-state index contributed by atoms with van der Waals surface area (Å²) < 4.78 is 5.25. The molecule has 0 saturated carbocycles. The van der Waals surface area contributed by atoms with E-state index in [1.165, 1.54) is 5.56 Å². The van der Waals surface area contributed by atoms with E-state index >= 15 is 0 Å². The van der Waals surface area contributed by atoms with Crippen molar-refractivity contribution in [2.45, 2.75) is 26.3 Å². The van der Waals surface area contributed by atoms with Gasteiger partial charge in [-0.3, -0.25) is 0 Å². The molecule has 2 nitrogen and oxygen atoms in total. The van der Waals surface area contributed by atoms with Crippen molar-refractivity contribution in [1.29, 1.82) is 0 Å². The lowest BCUT2D eigenvalue weighted by Gasteiger charge is -2.15. The van der Waals surface area contributed by atoms with Crippen LogP contribution in [0.5, 0.6) is 5.75 Å². The third-order valence-electron chi connectivity index (χ3n) is 2.65. The number of rotatable bonds is 4. The molecule has 0 bridgehead atoms. The molecule has 1 rings (SSSR count). The molecule has 1 aromatic carbocycles. The highest BCUT2D eigenvalue weighted by molar-refractivity contribution is 5.37. The van der Waals surface area contributed by atoms with E-state index in [9.17, 15) is 0 Å². The van der Waals surface area contributed by atoms with Gasteiger partial charge in [0.1, 0.15) is 5.75 Å². The number of aryl methyl sites for hydroxylation is 1. The SMILES string of the molecule is CC#CCC(NC)c1ccc(OC)c(C)c1. The van der Waals surface area contributed by atoms with Crippen molar-refractivity contribution in [3.8, 4) is 17.6 Å². The van der Waals surface area contributed by atoms with E-state index in [1.807, 2.05) is 20.0 Å². The van der Waals surface area contributed by atoms with E-state index in [1.54, 1.807) is 7.11 Å². The molecule has 0 amide bonds. The summed E-state index contributed by atoms with van der Waals surface area (Å²) in [5.74, 6) is 6.96. The van der Waals surface area contributed by atoms with Crippen molar-refractivity contribution in [3.63, 3.8) is 0 Å². The minimum absolute atomic E-state index is 0.289. The highest BCUT2D eigenvalue weighted by atomic mass is 16.5. The maximum absolute atomic E-state index is 5.25. The van der Waals surface area contributed by atoms with Gasteiger partial charge in [-0.15, -0.1) is 11.8 Å². The summed E-state index contributed by atoms with van der Waals surface area (Å²) in [5.41, 5.74) is 2.41. The van der Waals surface area contributed by atoms with Gasteiger partial charge in [0, 0.05) is 12.5 Å². The van der Waals surface area contributed by atoms with Gasteiger partial charge in [-0.1, -0.05) is 12.1 Å². The lowest BCUT2D eigenvalue weighted by Crippen LogP contribution is -2.15. The molecule has 0 saturated heterocycles. The van der Waals surface area contributed by atoms with Crippen molar-refractivity contribution in [2.24, 2.45) is 0 Å². The predicted molar refractivity (Wildman–Crippen MR) is 67.6 cm³/mol. The molecule has 0 aliphatic rings. The number of hydrogen-bond acceptors (Lipinski definition) is 2. The van der Waals surface area contributed by atoms with Crippen molar-refractivity contribution in [2.75, 3.05) is 14.2 Å². The third-order valence-corrected chi connectivity index (χ3v) is 2.65. The van der Waals surface area contributed by atoms with Crippen molar-refractivity contribution in [3.05, 3.63) is 29.3 Å². The highest BCUT2D eigenvalue weighted by Crippen LogP contribution is 2.23. The first-order valence-corrected chi connectivity index (χ1v) is 5.44. The van der Waals surface area contributed by atoms with Crippen LogP contribution in [0.25, 0.3) is 0 Å². The lowest BCUT2D eigenvalue weighted by atomic mass is 10.0. The molecule has 1 N–H and O–H groups in total. The van der Waals surface area contributed by atoms with Gasteiger partial charge in [0.15, 0.2) is 0 Å². The zero-order valence-electron chi connectivity index (χ0n) is 10.4. The topological polar surface area (TPSA) is 21.3 Å². The second-order valence-corrected chi connectivity index (χ2v) is 3.70. The molecule has 0 fully saturated rings. The third kappa shape index (κ3) is 3.01. The summed E-state index contributed by atoms with van der Waals surface area (Å²) in [5, 5.41) is 3.27. The molecule has 0 aliphatic carbocycles. The minimum atomic E-state index is 0.289. The molecule has 0 aliphatic heterocycles. The summed E-state index contributed by atoms with van der Waals surface area (Å²) in [6.07, 6.45) is 0.832. The van der Waals surface area contributed by atoms with Gasteiger partial charge in [0.25, 0.3) is 0 Å². The molecule has 16 heavy (non-hydrogen) atoms. The minimum Gasteiger partial charge on any atom is -0.496 e. The Morgan fingerprint density at radius 3 is 2.69 bits per heavy atom. The number of benzene rings is 1. The maximum atomic E-state index is 5.25. The summed E-state index contributed by atoms with van der Waals surface area (Å²) in [4.78, 5) is 0. The van der Waals surface area contributed by atoms with Crippen LogP contribution in [0.1, 0.15) is 30.5 Å². The molecule has 0 aromatic heterocycles. The van der Waals surface area contributed by atoms with Gasteiger partial charge in [-0.05, 0) is 38.1 Å². The number of ether oxygens (including phenoxy) is 1. The second-order valence-electron chi connectivity index (χ2n) is 3.70. The maximum Gasteiger partial charge on any atom is 0.121 e. The predicted octanol–water partition coefficient (Wildman–Crippen LogP) is 2.68. The van der Waals surface area contributed by atoms with Crippen LogP contribution in [0.2, 0.25) is 0 Å². The average Bonchev–Trinajstić information content (AvgIpc) is 2.30. The van der Waals surface area contributed by atoms with Crippen molar-refractivity contribution in [1.82, 2.24) is 5.32 Å². The quantitative estimate of drug-likeness (QED) is 0.783. The zero-order valence-corrected chi connectivity index (χ0v) is 10.4. The van der Waals surface area contributed by atoms with Gasteiger partial charge in [-0.25, -0.2) is 0 Å². The molecule has 0 heterocycles. The first-order valence-electron chi connectivity index (χ1n) is 5.44. The largest absolute Gasteiger partial charge is 0.496 e. The average molecular weight is 217 g/mol. The molecule has 1 unspecified atom stereocenters. The van der Waals surface area contributed by atoms with Crippen LogP contribution < -0.4 is 10.1 Å². The summed E-state index contributed by atoms with van der Waals surface area (Å²) in [6, 6.07) is 6.54. The van der Waals surface area contributed by atoms with E-state index < -0.39 is 0 Å². The fourth-order valence-electron chi connectivity index (χ4n) is 1.71. The zero-order chi connectivity index (χ0) is 12.0. The Bertz CT molecular complexity index is 401. The van der Waals surface area contributed by atoms with E-state index in [-0.39, 0.29) is 6.04 Å². The monoisotopic (exact) mass is 217 g/mol. The Morgan fingerprint density at radius 2 is 2.19 bits per heavy atom. The molecular formula is C14H19NO. The number of nitrogens with one attached hydrogen (secondary N) is 1. The Hall–Kier alpha value is -1.46. The number of hydrogen-bond donors (Lipinski definition) is 1. The first-order chi connectivity index (χ1) is 7.72. The van der Waals surface area contributed by atoms with Crippen LogP contribution in [0.4, 0.5) is 0 Å². The van der Waals surface area contributed by atoms with Gasteiger partial charge < -0.3 is 10.1 Å². The normalized spacial score (nSPS) is 11.5. The van der Waals surface area contributed by atoms with Crippen LogP contribution in [-0.2, 0) is 0 Å². The van der Waals surface area contributed by atoms with Crippen molar-refractivity contribution >= 4 is 0 Å². The van der Waals surface area contributed by atoms with Crippen molar-refractivity contribution < 1.29 is 4.74 Å². The standard InChI is InChI=1S/C14H19NO/c1-5-6-7-13(15-3)12-8-9-14(16-4)11(2)10-12/h8-10,13,15H,7H2,1-4H3. The van der Waals surface area contributed by atoms with Crippen LogP contribution in [0.15, 0.2) is 18.2 Å². The molecule has 0 radical (unpaired) electrons. The van der Waals surface area contributed by atoms with Gasteiger partial charge >= 0.3 is 0 Å². The molecule has 1 atom stereocenters. The van der Waals surface area contributed by atoms with Gasteiger partial charge in [-0.2, -0.15) is 0 Å². The van der Waals surface area contributed by atoms with E-state index in [4.69, 9.17) is 4.74 Å². The van der Waals surface area contributed by atoms with Gasteiger partial charge in [0.05, 0.1) is 7.11 Å². The Kier molecular flexibility index (Phi) is 4.88. The Labute approximate surface area is 98.0 Å². The Morgan fingerprint density at radius 1 is 1.44 bits per heavy atom. The van der Waals surface area contributed by atoms with Crippen LogP contribution in [0.3, 0.4) is 0 Å². The first kappa shape index (κ1) is 12.6. The van der Waals surface area contributed by atoms with Crippen LogP contribution in [-0.4, -0.2) is 14.2 Å². The second kappa shape index (κ2) is 6.19. The molecular weight excluding hydrogens is 198 g/mol. The molecule has 86 valence electrons. The fraction of sp³-hybridized carbons (Fsp3) is 0.429. The summed E-state index contributed by atoms with van der Waals surface area (Å²) in [7, 11) is 3.65.